The molecule has 2 N–H and O–H groups in total. The zero-order chi connectivity index (χ0) is 15.4. The van der Waals surface area contributed by atoms with Crippen molar-refractivity contribution in [3.63, 3.8) is 0 Å². The highest BCUT2D eigenvalue weighted by Gasteiger charge is 2.28. The Hall–Kier alpha value is -1.10. The number of halogens is 1. The summed E-state index contributed by atoms with van der Waals surface area (Å²) in [6.07, 6.45) is 2.60. The van der Waals surface area contributed by atoms with Crippen molar-refractivity contribution < 1.29 is 4.79 Å². The average Bonchev–Trinajstić information content (AvgIpc) is 3.26. The van der Waals surface area contributed by atoms with Crippen LogP contribution < -0.4 is 10.6 Å². The number of likely N-dealkylation sites (N-methyl/N-ethyl adjacent to an activating group) is 1. The number of nitrogens with zero attached hydrogens (tertiary/aromatic N) is 1. The van der Waals surface area contributed by atoms with Gasteiger partial charge in [-0.25, -0.2) is 0 Å². The molecule has 21 heavy (non-hydrogen) atoms. The first-order valence-corrected chi connectivity index (χ1v) is 7.84. The third kappa shape index (κ3) is 4.99. The highest BCUT2D eigenvalue weighted by atomic mass is 35.5. The van der Waals surface area contributed by atoms with E-state index in [0.717, 1.165) is 23.8 Å². The second kappa shape index (κ2) is 7.25. The lowest BCUT2D eigenvalue weighted by atomic mass is 10.2. The van der Waals surface area contributed by atoms with Crippen LogP contribution in [0.1, 0.15) is 25.3 Å². The van der Waals surface area contributed by atoms with Crippen LogP contribution in [-0.4, -0.2) is 43.0 Å². The molecule has 0 radical (unpaired) electrons. The SMILES string of the molecule is Cc1ccc(Cl)cc1NC(=O)CNCC(C)N(C)C1CC1. The summed E-state index contributed by atoms with van der Waals surface area (Å²) in [5.41, 5.74) is 1.78. The first-order chi connectivity index (χ1) is 9.97. The van der Waals surface area contributed by atoms with Gasteiger partial charge in [0.15, 0.2) is 0 Å². The van der Waals surface area contributed by atoms with E-state index in [4.69, 9.17) is 11.6 Å². The van der Waals surface area contributed by atoms with E-state index in [1.165, 1.54) is 12.8 Å². The van der Waals surface area contributed by atoms with E-state index in [1.54, 1.807) is 6.07 Å². The molecule has 0 spiro atoms. The van der Waals surface area contributed by atoms with E-state index in [-0.39, 0.29) is 5.91 Å². The molecule has 1 amide bonds. The first-order valence-electron chi connectivity index (χ1n) is 7.46. The molecule has 1 unspecified atom stereocenters. The molecule has 0 saturated heterocycles. The summed E-state index contributed by atoms with van der Waals surface area (Å²) in [5.74, 6) is -0.0401. The van der Waals surface area contributed by atoms with Gasteiger partial charge >= 0.3 is 0 Å². The molecule has 4 nitrogen and oxygen atoms in total. The molecule has 1 aliphatic rings. The number of rotatable bonds is 7. The predicted octanol–water partition coefficient (Wildman–Crippen LogP) is 2.66. The van der Waals surface area contributed by atoms with Gasteiger partial charge in [0.25, 0.3) is 0 Å². The number of nitrogens with one attached hydrogen (secondary N) is 2. The molecule has 1 atom stereocenters. The lowest BCUT2D eigenvalue weighted by Crippen LogP contribution is -2.41. The summed E-state index contributed by atoms with van der Waals surface area (Å²) < 4.78 is 0. The van der Waals surface area contributed by atoms with Crippen molar-refractivity contribution in [1.82, 2.24) is 10.2 Å². The molecule has 0 aromatic heterocycles. The van der Waals surface area contributed by atoms with Crippen LogP contribution >= 0.6 is 11.6 Å². The molecule has 5 heteroatoms. The van der Waals surface area contributed by atoms with Crippen LogP contribution in [0.2, 0.25) is 5.02 Å². The molecular formula is C16H24ClN3O. The van der Waals surface area contributed by atoms with Crippen LogP contribution in [0.15, 0.2) is 18.2 Å². The van der Waals surface area contributed by atoms with Crippen molar-refractivity contribution in [2.24, 2.45) is 0 Å². The summed E-state index contributed by atoms with van der Waals surface area (Å²) in [6.45, 7) is 5.26. The second-order valence-corrected chi connectivity index (χ2v) is 6.32. The van der Waals surface area contributed by atoms with Crippen LogP contribution in [-0.2, 0) is 4.79 Å². The van der Waals surface area contributed by atoms with Gasteiger partial charge in [-0.2, -0.15) is 0 Å². The normalized spacial score (nSPS) is 16.0. The summed E-state index contributed by atoms with van der Waals surface area (Å²) in [6, 6.07) is 6.68. The van der Waals surface area contributed by atoms with Crippen molar-refractivity contribution in [3.8, 4) is 0 Å². The summed E-state index contributed by atoms with van der Waals surface area (Å²) in [4.78, 5) is 14.3. The minimum Gasteiger partial charge on any atom is -0.325 e. The maximum absolute atomic E-state index is 11.9. The van der Waals surface area contributed by atoms with Gasteiger partial charge in [-0.1, -0.05) is 17.7 Å². The van der Waals surface area contributed by atoms with Gasteiger partial charge in [-0.05, 0) is 51.4 Å². The average molecular weight is 310 g/mol. The van der Waals surface area contributed by atoms with Gasteiger partial charge in [-0.15, -0.1) is 0 Å². The van der Waals surface area contributed by atoms with Gasteiger partial charge in [0.05, 0.1) is 6.54 Å². The molecule has 0 aliphatic heterocycles. The fourth-order valence-corrected chi connectivity index (χ4v) is 2.48. The van der Waals surface area contributed by atoms with Crippen molar-refractivity contribution in [2.45, 2.75) is 38.8 Å². The van der Waals surface area contributed by atoms with E-state index in [2.05, 4.69) is 29.5 Å². The van der Waals surface area contributed by atoms with Crippen LogP contribution in [0.3, 0.4) is 0 Å². The topological polar surface area (TPSA) is 44.4 Å². The third-order valence-corrected chi connectivity index (χ3v) is 4.25. The Bertz CT molecular complexity index is 502. The van der Waals surface area contributed by atoms with Crippen LogP contribution in [0, 0.1) is 6.92 Å². The molecule has 1 aromatic rings. The number of hydrogen-bond acceptors (Lipinski definition) is 3. The fraction of sp³-hybridized carbons (Fsp3) is 0.562. The molecule has 0 bridgehead atoms. The minimum atomic E-state index is -0.0401. The van der Waals surface area contributed by atoms with Gasteiger partial charge in [0.2, 0.25) is 5.91 Å². The smallest absolute Gasteiger partial charge is 0.238 e. The molecular weight excluding hydrogens is 286 g/mol. The largest absolute Gasteiger partial charge is 0.325 e. The van der Waals surface area contributed by atoms with E-state index in [1.807, 2.05) is 19.1 Å². The zero-order valence-corrected chi connectivity index (χ0v) is 13.7. The summed E-state index contributed by atoms with van der Waals surface area (Å²) >= 11 is 5.94. The Morgan fingerprint density at radius 3 is 2.86 bits per heavy atom. The van der Waals surface area contributed by atoms with Crippen LogP contribution in [0.25, 0.3) is 0 Å². The van der Waals surface area contributed by atoms with E-state index < -0.39 is 0 Å². The van der Waals surface area contributed by atoms with Gasteiger partial charge < -0.3 is 10.6 Å². The monoisotopic (exact) mass is 309 g/mol. The Morgan fingerprint density at radius 2 is 2.19 bits per heavy atom. The number of hydrogen-bond donors (Lipinski definition) is 2. The molecule has 1 aliphatic carbocycles. The number of amides is 1. The van der Waals surface area contributed by atoms with E-state index in [9.17, 15) is 4.79 Å². The zero-order valence-electron chi connectivity index (χ0n) is 12.9. The maximum Gasteiger partial charge on any atom is 0.238 e. The predicted molar refractivity (Wildman–Crippen MR) is 87.9 cm³/mol. The Labute approximate surface area is 131 Å². The second-order valence-electron chi connectivity index (χ2n) is 5.88. The number of aryl methyl sites for hydroxylation is 1. The number of carbonyl (C=O) groups is 1. The molecule has 0 heterocycles. The third-order valence-electron chi connectivity index (χ3n) is 4.02. The Kier molecular flexibility index (Phi) is 5.62. The minimum absolute atomic E-state index is 0.0401. The van der Waals surface area contributed by atoms with Crippen molar-refractivity contribution >= 4 is 23.2 Å². The standard InChI is InChI=1S/C16H24ClN3O/c1-11-4-5-13(17)8-15(11)19-16(21)10-18-9-12(2)20(3)14-6-7-14/h4-5,8,12,14,18H,6-7,9-10H2,1-3H3,(H,19,21). The van der Waals surface area contributed by atoms with Crippen molar-refractivity contribution in [3.05, 3.63) is 28.8 Å². The van der Waals surface area contributed by atoms with Crippen molar-refractivity contribution in [2.75, 3.05) is 25.5 Å². The lowest BCUT2D eigenvalue weighted by Gasteiger charge is -2.24. The molecule has 2 rings (SSSR count). The first kappa shape index (κ1) is 16.3. The molecule has 1 fully saturated rings. The van der Waals surface area contributed by atoms with Gasteiger partial charge in [0, 0.05) is 29.3 Å². The maximum atomic E-state index is 11.9. The number of carbonyl (C=O) groups excluding carboxylic acids is 1. The fourth-order valence-electron chi connectivity index (χ4n) is 2.30. The number of anilines is 1. The van der Waals surface area contributed by atoms with Gasteiger partial charge in [0.1, 0.15) is 0 Å². The van der Waals surface area contributed by atoms with E-state index in [0.29, 0.717) is 17.6 Å². The number of benzene rings is 1. The highest BCUT2D eigenvalue weighted by molar-refractivity contribution is 6.31. The van der Waals surface area contributed by atoms with Crippen LogP contribution in [0.5, 0.6) is 0 Å². The molecule has 1 saturated carbocycles. The highest BCUT2D eigenvalue weighted by Crippen LogP contribution is 2.26. The summed E-state index contributed by atoms with van der Waals surface area (Å²) in [5, 5.41) is 6.73. The van der Waals surface area contributed by atoms with Crippen LogP contribution in [0.4, 0.5) is 5.69 Å². The summed E-state index contributed by atoms with van der Waals surface area (Å²) in [7, 11) is 2.15. The Balaban J connectivity index is 1.73. The van der Waals surface area contributed by atoms with E-state index >= 15 is 0 Å². The quantitative estimate of drug-likeness (QED) is 0.814. The molecule has 1 aromatic carbocycles. The van der Waals surface area contributed by atoms with Gasteiger partial charge in [-0.3, -0.25) is 9.69 Å². The lowest BCUT2D eigenvalue weighted by molar-refractivity contribution is -0.115. The van der Waals surface area contributed by atoms with Crippen molar-refractivity contribution in [1.29, 1.82) is 0 Å². The molecule has 116 valence electrons. The Morgan fingerprint density at radius 1 is 1.48 bits per heavy atom.